The number of fused-ring (bicyclic) bond motifs is 2. The predicted molar refractivity (Wildman–Crippen MR) is 96.2 cm³/mol. The fourth-order valence-electron chi connectivity index (χ4n) is 3.31. The Labute approximate surface area is 140 Å². The molecule has 0 atom stereocenters. The summed E-state index contributed by atoms with van der Waals surface area (Å²) in [6, 6.07) is 16.0. The van der Waals surface area contributed by atoms with E-state index in [2.05, 4.69) is 51.1 Å². The predicted octanol–water partition coefficient (Wildman–Crippen LogP) is 2.38. The lowest BCUT2D eigenvalue weighted by Gasteiger charge is -2.20. The first-order valence-electron chi connectivity index (χ1n) is 8.20. The lowest BCUT2D eigenvalue weighted by molar-refractivity contribution is 0.262. The van der Waals surface area contributed by atoms with Gasteiger partial charge >= 0.3 is 0 Å². The second kappa shape index (κ2) is 6.09. The van der Waals surface area contributed by atoms with Crippen LogP contribution in [0.3, 0.4) is 0 Å². The first-order chi connectivity index (χ1) is 11.7. The summed E-state index contributed by atoms with van der Waals surface area (Å²) >= 11 is 0. The molecular weight excluding hydrogens is 300 g/mol. The van der Waals surface area contributed by atoms with E-state index in [1.807, 2.05) is 24.3 Å². The summed E-state index contributed by atoms with van der Waals surface area (Å²) in [5.41, 5.74) is 3.27. The SMILES string of the molecule is CN1CCN(Cc2nc3ccccc3c(=O)[nH]2)Cc2ccccc21. The number of H-pyrrole nitrogens is 1. The first kappa shape index (κ1) is 14.9. The molecule has 5 nitrogen and oxygen atoms in total. The summed E-state index contributed by atoms with van der Waals surface area (Å²) in [6.07, 6.45) is 0. The van der Waals surface area contributed by atoms with Gasteiger partial charge in [-0.1, -0.05) is 30.3 Å². The Balaban J connectivity index is 1.63. The highest BCUT2D eigenvalue weighted by molar-refractivity contribution is 5.77. The van der Waals surface area contributed by atoms with Gasteiger partial charge in [-0.25, -0.2) is 4.98 Å². The van der Waals surface area contributed by atoms with Crippen LogP contribution in [0, 0.1) is 0 Å². The van der Waals surface area contributed by atoms with Crippen molar-refractivity contribution in [1.82, 2.24) is 14.9 Å². The topological polar surface area (TPSA) is 52.2 Å². The smallest absolute Gasteiger partial charge is 0.258 e. The molecule has 0 bridgehead atoms. The number of aromatic nitrogens is 2. The van der Waals surface area contributed by atoms with Crippen molar-refractivity contribution in [2.75, 3.05) is 25.0 Å². The van der Waals surface area contributed by atoms with Crippen LogP contribution >= 0.6 is 0 Å². The van der Waals surface area contributed by atoms with Gasteiger partial charge in [-0.15, -0.1) is 0 Å². The van der Waals surface area contributed by atoms with Crippen molar-refractivity contribution in [3.05, 3.63) is 70.3 Å². The average molecular weight is 320 g/mol. The van der Waals surface area contributed by atoms with Crippen LogP contribution in [-0.2, 0) is 13.1 Å². The zero-order chi connectivity index (χ0) is 16.5. The highest BCUT2D eigenvalue weighted by Crippen LogP contribution is 2.24. The van der Waals surface area contributed by atoms with Gasteiger partial charge < -0.3 is 9.88 Å². The minimum Gasteiger partial charge on any atom is -0.373 e. The van der Waals surface area contributed by atoms with Gasteiger partial charge in [0.05, 0.1) is 17.4 Å². The van der Waals surface area contributed by atoms with Crippen LogP contribution in [0.2, 0.25) is 0 Å². The molecule has 0 fully saturated rings. The standard InChI is InChI=1S/C19H20N4O/c1-22-10-11-23(12-14-6-2-5-9-17(14)22)13-18-20-16-8-4-3-7-15(16)19(24)21-18/h2-9H,10-13H2,1H3,(H,20,21,24). The van der Waals surface area contributed by atoms with Crippen molar-refractivity contribution in [2.24, 2.45) is 0 Å². The molecule has 122 valence electrons. The fraction of sp³-hybridized carbons (Fsp3) is 0.263. The molecule has 0 saturated heterocycles. The van der Waals surface area contributed by atoms with Crippen LogP contribution in [0.5, 0.6) is 0 Å². The molecule has 0 saturated carbocycles. The van der Waals surface area contributed by atoms with Gasteiger partial charge in [-0.2, -0.15) is 0 Å². The lowest BCUT2D eigenvalue weighted by Crippen LogP contribution is -2.30. The van der Waals surface area contributed by atoms with E-state index in [4.69, 9.17) is 0 Å². The summed E-state index contributed by atoms with van der Waals surface area (Å²) in [5, 5.41) is 0.641. The zero-order valence-corrected chi connectivity index (χ0v) is 13.7. The quantitative estimate of drug-likeness (QED) is 0.788. The number of nitrogens with zero attached hydrogens (tertiary/aromatic N) is 3. The third-order valence-corrected chi connectivity index (χ3v) is 4.58. The van der Waals surface area contributed by atoms with E-state index >= 15 is 0 Å². The van der Waals surface area contributed by atoms with Crippen molar-refractivity contribution in [1.29, 1.82) is 0 Å². The molecule has 0 aliphatic carbocycles. The minimum absolute atomic E-state index is 0.0667. The second-order valence-electron chi connectivity index (χ2n) is 6.29. The molecule has 0 amide bonds. The van der Waals surface area contributed by atoms with Crippen LogP contribution in [0.25, 0.3) is 10.9 Å². The Bertz CT molecular complexity index is 934. The number of nitrogens with one attached hydrogen (secondary N) is 1. The lowest BCUT2D eigenvalue weighted by atomic mass is 10.1. The number of anilines is 1. The van der Waals surface area contributed by atoms with Crippen molar-refractivity contribution in [3.63, 3.8) is 0 Å². The van der Waals surface area contributed by atoms with E-state index in [1.54, 1.807) is 0 Å². The molecule has 1 aliphatic heterocycles. The number of likely N-dealkylation sites (N-methyl/N-ethyl adjacent to an activating group) is 1. The number of para-hydroxylation sites is 2. The van der Waals surface area contributed by atoms with E-state index in [-0.39, 0.29) is 5.56 Å². The highest BCUT2D eigenvalue weighted by Gasteiger charge is 2.18. The zero-order valence-electron chi connectivity index (χ0n) is 13.7. The molecule has 1 aromatic heterocycles. The summed E-state index contributed by atoms with van der Waals surface area (Å²) in [4.78, 5) is 24.4. The third-order valence-electron chi connectivity index (χ3n) is 4.58. The summed E-state index contributed by atoms with van der Waals surface area (Å²) in [7, 11) is 2.12. The normalized spacial score (nSPS) is 15.3. The maximum absolute atomic E-state index is 12.2. The second-order valence-corrected chi connectivity index (χ2v) is 6.29. The largest absolute Gasteiger partial charge is 0.373 e. The molecule has 24 heavy (non-hydrogen) atoms. The van der Waals surface area contributed by atoms with E-state index in [9.17, 15) is 4.79 Å². The third kappa shape index (κ3) is 2.78. The van der Waals surface area contributed by atoms with Crippen LogP contribution in [0.1, 0.15) is 11.4 Å². The van der Waals surface area contributed by atoms with Crippen molar-refractivity contribution in [3.8, 4) is 0 Å². The van der Waals surface area contributed by atoms with Gasteiger partial charge in [0, 0.05) is 32.4 Å². The number of rotatable bonds is 2. The minimum atomic E-state index is -0.0667. The van der Waals surface area contributed by atoms with Crippen LogP contribution in [0.15, 0.2) is 53.3 Å². The molecule has 4 rings (SSSR count). The Morgan fingerprint density at radius 1 is 1.08 bits per heavy atom. The van der Waals surface area contributed by atoms with Gasteiger partial charge in [-0.05, 0) is 23.8 Å². The van der Waals surface area contributed by atoms with E-state index in [0.717, 1.165) is 31.0 Å². The Kier molecular flexibility index (Phi) is 3.78. The number of benzene rings is 2. The monoisotopic (exact) mass is 320 g/mol. The van der Waals surface area contributed by atoms with Gasteiger partial charge in [-0.3, -0.25) is 9.69 Å². The van der Waals surface area contributed by atoms with Crippen LogP contribution in [-0.4, -0.2) is 35.0 Å². The molecule has 0 spiro atoms. The van der Waals surface area contributed by atoms with Crippen molar-refractivity contribution >= 4 is 16.6 Å². The molecule has 5 heteroatoms. The average Bonchev–Trinajstić information content (AvgIpc) is 2.75. The van der Waals surface area contributed by atoms with Gasteiger partial charge in [0.2, 0.25) is 0 Å². The molecule has 2 aromatic carbocycles. The van der Waals surface area contributed by atoms with E-state index in [0.29, 0.717) is 11.9 Å². The Morgan fingerprint density at radius 3 is 2.79 bits per heavy atom. The van der Waals surface area contributed by atoms with Crippen molar-refractivity contribution < 1.29 is 0 Å². The Hall–Kier alpha value is -2.66. The maximum atomic E-state index is 12.2. The number of hydrogen-bond acceptors (Lipinski definition) is 4. The highest BCUT2D eigenvalue weighted by atomic mass is 16.1. The Morgan fingerprint density at radius 2 is 1.88 bits per heavy atom. The number of aromatic amines is 1. The molecular formula is C19H20N4O. The van der Waals surface area contributed by atoms with Gasteiger partial charge in [0.15, 0.2) is 0 Å². The molecule has 2 heterocycles. The van der Waals surface area contributed by atoms with Gasteiger partial charge in [0.1, 0.15) is 5.82 Å². The molecule has 0 unspecified atom stereocenters. The summed E-state index contributed by atoms with van der Waals surface area (Å²) in [6.45, 7) is 3.38. The maximum Gasteiger partial charge on any atom is 0.258 e. The summed E-state index contributed by atoms with van der Waals surface area (Å²) in [5.74, 6) is 0.723. The van der Waals surface area contributed by atoms with Crippen molar-refractivity contribution in [2.45, 2.75) is 13.1 Å². The van der Waals surface area contributed by atoms with Gasteiger partial charge in [0.25, 0.3) is 5.56 Å². The van der Waals surface area contributed by atoms with E-state index < -0.39 is 0 Å². The number of hydrogen-bond donors (Lipinski definition) is 1. The first-order valence-corrected chi connectivity index (χ1v) is 8.20. The van der Waals surface area contributed by atoms with E-state index in [1.165, 1.54) is 11.3 Å². The van der Waals surface area contributed by atoms with Crippen LogP contribution in [0.4, 0.5) is 5.69 Å². The molecule has 1 aliphatic rings. The summed E-state index contributed by atoms with van der Waals surface area (Å²) < 4.78 is 0. The molecule has 1 N–H and O–H groups in total. The fourth-order valence-corrected chi connectivity index (χ4v) is 3.31. The van der Waals surface area contributed by atoms with Crippen LogP contribution < -0.4 is 10.5 Å². The molecule has 3 aromatic rings. The molecule has 0 radical (unpaired) electrons.